The van der Waals surface area contributed by atoms with Crippen LogP contribution in [0.25, 0.3) is 0 Å². The van der Waals surface area contributed by atoms with Crippen molar-refractivity contribution in [1.29, 1.82) is 0 Å². The molecule has 0 fully saturated rings. The molecule has 0 aliphatic rings. The highest BCUT2D eigenvalue weighted by Crippen LogP contribution is 2.10. The van der Waals surface area contributed by atoms with Gasteiger partial charge < -0.3 is 20.5 Å². The fraction of sp³-hybridized carbons (Fsp3) is 0.286. The molecule has 0 aromatic heterocycles. The molecule has 1 aromatic carbocycles. The van der Waals surface area contributed by atoms with Crippen LogP contribution in [0.5, 0.6) is 0 Å². The Morgan fingerprint density at radius 1 is 1.09 bits per heavy atom. The number of anilines is 1. The molecule has 0 aliphatic carbocycles. The average Bonchev–Trinajstić information content (AvgIpc) is 2.47. The van der Waals surface area contributed by atoms with Crippen LogP contribution in [-0.4, -0.2) is 42.0 Å². The quantitative estimate of drug-likeness (QED) is 0.516. The van der Waals surface area contributed by atoms with Gasteiger partial charge in [0.05, 0.1) is 18.6 Å². The van der Waals surface area contributed by atoms with Crippen molar-refractivity contribution in [2.45, 2.75) is 13.3 Å². The summed E-state index contributed by atoms with van der Waals surface area (Å²) in [6, 6.07) is 5.81. The summed E-state index contributed by atoms with van der Waals surface area (Å²) in [5.41, 5.74) is 0.650. The Labute approximate surface area is 126 Å². The summed E-state index contributed by atoms with van der Waals surface area (Å²) in [7, 11) is 0. The van der Waals surface area contributed by atoms with E-state index in [-0.39, 0.29) is 19.6 Å². The van der Waals surface area contributed by atoms with Crippen molar-refractivity contribution in [3.05, 3.63) is 29.8 Å². The summed E-state index contributed by atoms with van der Waals surface area (Å²) in [6.45, 7) is 1.81. The Morgan fingerprint density at radius 3 is 2.27 bits per heavy atom. The van der Waals surface area contributed by atoms with Crippen LogP contribution in [0.3, 0.4) is 0 Å². The zero-order chi connectivity index (χ0) is 16.5. The van der Waals surface area contributed by atoms with E-state index in [1.807, 2.05) is 0 Å². The maximum absolute atomic E-state index is 11.5. The number of benzene rings is 1. The topological polar surface area (TPSA) is 122 Å². The SMILES string of the molecule is CCOC(=O)c1ccc(NC(=O)C(=O)NCCC(=O)O)cc1. The minimum Gasteiger partial charge on any atom is -0.481 e. The predicted molar refractivity (Wildman–Crippen MR) is 76.3 cm³/mol. The number of carbonyl (C=O) groups excluding carboxylic acids is 3. The van der Waals surface area contributed by atoms with Crippen molar-refractivity contribution in [2.75, 3.05) is 18.5 Å². The fourth-order valence-electron chi connectivity index (χ4n) is 1.46. The van der Waals surface area contributed by atoms with Gasteiger partial charge >= 0.3 is 23.8 Å². The second-order valence-electron chi connectivity index (χ2n) is 4.15. The molecule has 0 saturated heterocycles. The lowest BCUT2D eigenvalue weighted by atomic mass is 10.2. The molecule has 118 valence electrons. The first kappa shape index (κ1) is 17.2. The first-order valence-corrected chi connectivity index (χ1v) is 6.52. The Balaban J connectivity index is 2.52. The number of amides is 2. The lowest BCUT2D eigenvalue weighted by molar-refractivity contribution is -0.138. The van der Waals surface area contributed by atoms with Crippen LogP contribution in [0.15, 0.2) is 24.3 Å². The zero-order valence-electron chi connectivity index (χ0n) is 11.9. The van der Waals surface area contributed by atoms with Crippen molar-refractivity contribution in [1.82, 2.24) is 5.32 Å². The monoisotopic (exact) mass is 308 g/mol. The lowest BCUT2D eigenvalue weighted by Gasteiger charge is -2.06. The van der Waals surface area contributed by atoms with Gasteiger partial charge in [-0.1, -0.05) is 0 Å². The number of hydrogen-bond donors (Lipinski definition) is 3. The molecular weight excluding hydrogens is 292 g/mol. The third-order valence-electron chi connectivity index (χ3n) is 2.48. The Hall–Kier alpha value is -2.90. The van der Waals surface area contributed by atoms with Crippen molar-refractivity contribution >= 4 is 29.4 Å². The summed E-state index contributed by atoms with van der Waals surface area (Å²) in [5, 5.41) is 12.9. The fourth-order valence-corrected chi connectivity index (χ4v) is 1.46. The predicted octanol–water partition coefficient (Wildman–Crippen LogP) is 0.393. The highest BCUT2D eigenvalue weighted by atomic mass is 16.5. The van der Waals surface area contributed by atoms with Gasteiger partial charge in [0, 0.05) is 12.2 Å². The van der Waals surface area contributed by atoms with E-state index in [1.165, 1.54) is 24.3 Å². The van der Waals surface area contributed by atoms with E-state index >= 15 is 0 Å². The van der Waals surface area contributed by atoms with Gasteiger partial charge in [-0.2, -0.15) is 0 Å². The van der Waals surface area contributed by atoms with Crippen LogP contribution in [-0.2, 0) is 19.1 Å². The van der Waals surface area contributed by atoms with Crippen LogP contribution >= 0.6 is 0 Å². The molecule has 0 saturated carbocycles. The lowest BCUT2D eigenvalue weighted by Crippen LogP contribution is -2.36. The molecular formula is C14H16N2O6. The van der Waals surface area contributed by atoms with Crippen molar-refractivity contribution in [3.63, 3.8) is 0 Å². The van der Waals surface area contributed by atoms with Crippen molar-refractivity contribution in [2.24, 2.45) is 0 Å². The normalized spacial score (nSPS) is 9.68. The number of carboxylic acid groups (broad SMARTS) is 1. The van der Waals surface area contributed by atoms with Crippen LogP contribution in [0.4, 0.5) is 5.69 Å². The molecule has 0 atom stereocenters. The largest absolute Gasteiger partial charge is 0.481 e. The van der Waals surface area contributed by atoms with Crippen LogP contribution in [0.2, 0.25) is 0 Å². The summed E-state index contributed by atoms with van der Waals surface area (Å²) in [4.78, 5) is 44.7. The van der Waals surface area contributed by atoms with Gasteiger partial charge in [-0.15, -0.1) is 0 Å². The van der Waals surface area contributed by atoms with E-state index < -0.39 is 23.8 Å². The van der Waals surface area contributed by atoms with Crippen LogP contribution in [0, 0.1) is 0 Å². The number of carbonyl (C=O) groups is 4. The molecule has 8 nitrogen and oxygen atoms in total. The maximum Gasteiger partial charge on any atom is 0.338 e. The third kappa shape index (κ3) is 5.61. The van der Waals surface area contributed by atoms with E-state index in [0.29, 0.717) is 11.3 Å². The molecule has 0 spiro atoms. The molecule has 1 rings (SSSR count). The van der Waals surface area contributed by atoms with Gasteiger partial charge in [-0.05, 0) is 31.2 Å². The zero-order valence-corrected chi connectivity index (χ0v) is 11.9. The van der Waals surface area contributed by atoms with Crippen molar-refractivity contribution in [3.8, 4) is 0 Å². The molecule has 0 aliphatic heterocycles. The van der Waals surface area contributed by atoms with Gasteiger partial charge in [0.2, 0.25) is 0 Å². The summed E-state index contributed by atoms with van der Waals surface area (Å²) in [6.07, 6.45) is -0.271. The third-order valence-corrected chi connectivity index (χ3v) is 2.48. The van der Waals surface area contributed by atoms with E-state index in [0.717, 1.165) is 0 Å². The molecule has 8 heteroatoms. The Bertz CT molecular complexity index is 567. The summed E-state index contributed by atoms with van der Waals surface area (Å²) < 4.78 is 4.81. The molecule has 0 heterocycles. The molecule has 0 radical (unpaired) electrons. The van der Waals surface area contributed by atoms with E-state index in [9.17, 15) is 19.2 Å². The smallest absolute Gasteiger partial charge is 0.338 e. The Kier molecular flexibility index (Phi) is 6.55. The van der Waals surface area contributed by atoms with E-state index in [2.05, 4.69) is 10.6 Å². The molecule has 22 heavy (non-hydrogen) atoms. The van der Waals surface area contributed by atoms with Gasteiger partial charge in [0.15, 0.2) is 0 Å². The van der Waals surface area contributed by atoms with Gasteiger partial charge in [-0.25, -0.2) is 4.79 Å². The van der Waals surface area contributed by atoms with Gasteiger partial charge in [0.1, 0.15) is 0 Å². The molecule has 2 amide bonds. The number of esters is 1. The molecule has 0 bridgehead atoms. The minimum atomic E-state index is -1.07. The second-order valence-corrected chi connectivity index (χ2v) is 4.15. The first-order chi connectivity index (χ1) is 10.4. The number of rotatable bonds is 6. The highest BCUT2D eigenvalue weighted by molar-refractivity contribution is 6.39. The average molecular weight is 308 g/mol. The number of aliphatic carboxylic acids is 1. The maximum atomic E-state index is 11.5. The number of nitrogens with one attached hydrogen (secondary N) is 2. The van der Waals surface area contributed by atoms with Crippen LogP contribution < -0.4 is 10.6 Å². The number of hydrogen-bond acceptors (Lipinski definition) is 5. The van der Waals surface area contributed by atoms with E-state index in [1.54, 1.807) is 6.92 Å². The molecule has 0 unspecified atom stereocenters. The summed E-state index contributed by atoms with van der Waals surface area (Å²) in [5.74, 6) is -3.41. The Morgan fingerprint density at radius 2 is 1.73 bits per heavy atom. The second kappa shape index (κ2) is 8.40. The van der Waals surface area contributed by atoms with Crippen LogP contribution in [0.1, 0.15) is 23.7 Å². The first-order valence-electron chi connectivity index (χ1n) is 6.52. The standard InChI is InChI=1S/C14H16N2O6/c1-2-22-14(21)9-3-5-10(6-4-9)16-13(20)12(19)15-8-7-11(17)18/h3-6H,2,7-8H2,1H3,(H,15,19)(H,16,20)(H,17,18). The minimum absolute atomic E-state index is 0.136. The van der Waals surface area contributed by atoms with Gasteiger partial charge in [-0.3, -0.25) is 14.4 Å². The summed E-state index contributed by atoms with van der Waals surface area (Å²) >= 11 is 0. The molecule has 3 N–H and O–H groups in total. The van der Waals surface area contributed by atoms with Gasteiger partial charge in [0.25, 0.3) is 0 Å². The number of ether oxygens (including phenoxy) is 1. The van der Waals surface area contributed by atoms with Crippen molar-refractivity contribution < 1.29 is 29.0 Å². The number of carboxylic acids is 1. The van der Waals surface area contributed by atoms with E-state index in [4.69, 9.17) is 9.84 Å². The highest BCUT2D eigenvalue weighted by Gasteiger charge is 2.14. The molecule has 1 aromatic rings.